The molecule has 0 N–H and O–H groups in total. The number of nitrogens with zero attached hydrogens (tertiary/aromatic N) is 5. The van der Waals surface area contributed by atoms with Crippen molar-refractivity contribution in [2.45, 2.75) is 13.8 Å². The molecule has 6 nitrogen and oxygen atoms in total. The van der Waals surface area contributed by atoms with E-state index in [0.29, 0.717) is 17.4 Å². The lowest BCUT2D eigenvalue weighted by Gasteiger charge is -2.04. The molecule has 0 radical (unpaired) electrons. The Morgan fingerprint density at radius 1 is 1.09 bits per heavy atom. The summed E-state index contributed by atoms with van der Waals surface area (Å²) in [7, 11) is 0. The van der Waals surface area contributed by atoms with E-state index in [1.165, 1.54) is 0 Å². The first-order valence-corrected chi connectivity index (χ1v) is 7.84. The zero-order valence-corrected chi connectivity index (χ0v) is 14.1. The van der Waals surface area contributed by atoms with Crippen molar-refractivity contribution in [2.75, 3.05) is 0 Å². The van der Waals surface area contributed by atoms with Crippen molar-refractivity contribution < 1.29 is 4.52 Å². The zero-order chi connectivity index (χ0) is 16.0. The largest absolute Gasteiger partial charge is 0.339 e. The van der Waals surface area contributed by atoms with Gasteiger partial charge in [-0.15, -0.1) is 0 Å². The van der Waals surface area contributed by atoms with E-state index in [-0.39, 0.29) is 0 Å². The van der Waals surface area contributed by atoms with Crippen LogP contribution in [0.15, 0.2) is 45.5 Å². The van der Waals surface area contributed by atoms with Gasteiger partial charge in [-0.05, 0) is 25.1 Å². The maximum Gasteiger partial charge on any atom is 0.223 e. The molecule has 0 aliphatic rings. The lowest BCUT2D eigenvalue weighted by Crippen LogP contribution is -1.96. The molecule has 0 saturated carbocycles. The van der Waals surface area contributed by atoms with Crippen LogP contribution in [0.1, 0.15) is 11.6 Å². The summed E-state index contributed by atoms with van der Waals surface area (Å²) in [6.45, 7) is 3.68. The van der Waals surface area contributed by atoms with Crippen LogP contribution in [0.4, 0.5) is 0 Å². The first kappa shape index (κ1) is 14.1. The fourth-order valence-electron chi connectivity index (χ4n) is 2.55. The number of halogens is 1. The second-order valence-electron chi connectivity index (χ2n) is 5.17. The number of aryl methyl sites for hydroxylation is 2. The molecular formula is C16H12BrN5O. The van der Waals surface area contributed by atoms with E-state index in [1.807, 2.05) is 41.8 Å². The van der Waals surface area contributed by atoms with Crippen molar-refractivity contribution >= 4 is 21.6 Å². The monoisotopic (exact) mass is 369 g/mol. The maximum absolute atomic E-state index is 5.09. The zero-order valence-electron chi connectivity index (χ0n) is 12.5. The Kier molecular flexibility index (Phi) is 3.23. The molecule has 3 heterocycles. The average Bonchev–Trinajstić information content (AvgIpc) is 3.10. The molecule has 0 atom stereocenters. The van der Waals surface area contributed by atoms with Gasteiger partial charge in [-0.1, -0.05) is 33.2 Å². The van der Waals surface area contributed by atoms with Gasteiger partial charge in [0.2, 0.25) is 11.7 Å². The molecule has 23 heavy (non-hydrogen) atoms. The molecule has 3 aromatic heterocycles. The van der Waals surface area contributed by atoms with Crippen molar-refractivity contribution in [3.63, 3.8) is 0 Å². The highest BCUT2D eigenvalue weighted by Gasteiger charge is 2.19. The van der Waals surface area contributed by atoms with Crippen molar-refractivity contribution in [3.05, 3.63) is 52.6 Å². The molecule has 114 valence electrons. The SMILES string of the molecule is Cc1nc(-c2c(C)nn3c(-c4ccc(Br)cc4)ccnc23)no1. The summed E-state index contributed by atoms with van der Waals surface area (Å²) < 4.78 is 7.94. The van der Waals surface area contributed by atoms with Gasteiger partial charge < -0.3 is 4.52 Å². The Bertz CT molecular complexity index is 1000. The highest BCUT2D eigenvalue weighted by molar-refractivity contribution is 9.10. The van der Waals surface area contributed by atoms with Gasteiger partial charge in [0.25, 0.3) is 0 Å². The summed E-state index contributed by atoms with van der Waals surface area (Å²) in [4.78, 5) is 8.76. The normalized spacial score (nSPS) is 11.3. The topological polar surface area (TPSA) is 69.1 Å². The van der Waals surface area contributed by atoms with Crippen molar-refractivity contribution in [1.29, 1.82) is 0 Å². The second kappa shape index (κ2) is 5.27. The smallest absolute Gasteiger partial charge is 0.223 e. The van der Waals surface area contributed by atoms with Gasteiger partial charge >= 0.3 is 0 Å². The lowest BCUT2D eigenvalue weighted by molar-refractivity contribution is 0.394. The minimum atomic E-state index is 0.510. The molecule has 0 unspecified atom stereocenters. The summed E-state index contributed by atoms with van der Waals surface area (Å²) in [5.74, 6) is 1.03. The number of benzene rings is 1. The lowest BCUT2D eigenvalue weighted by atomic mass is 10.1. The van der Waals surface area contributed by atoms with E-state index in [9.17, 15) is 0 Å². The van der Waals surface area contributed by atoms with Crippen LogP contribution in [0, 0.1) is 13.8 Å². The van der Waals surface area contributed by atoms with Gasteiger partial charge in [-0.3, -0.25) is 0 Å². The Balaban J connectivity index is 1.97. The summed E-state index contributed by atoms with van der Waals surface area (Å²) in [5.41, 5.74) is 4.32. The van der Waals surface area contributed by atoms with Crippen LogP contribution in [-0.4, -0.2) is 24.7 Å². The van der Waals surface area contributed by atoms with Crippen LogP contribution in [0.2, 0.25) is 0 Å². The predicted octanol–water partition coefficient (Wildman–Crippen LogP) is 3.83. The molecule has 0 bridgehead atoms. The Morgan fingerprint density at radius 3 is 2.57 bits per heavy atom. The maximum atomic E-state index is 5.09. The minimum Gasteiger partial charge on any atom is -0.339 e. The van der Waals surface area contributed by atoms with Gasteiger partial charge in [0.1, 0.15) is 0 Å². The fourth-order valence-corrected chi connectivity index (χ4v) is 2.82. The van der Waals surface area contributed by atoms with Crippen molar-refractivity contribution in [1.82, 2.24) is 24.7 Å². The highest BCUT2D eigenvalue weighted by Crippen LogP contribution is 2.28. The van der Waals surface area contributed by atoms with Crippen LogP contribution >= 0.6 is 15.9 Å². The number of aromatic nitrogens is 5. The second-order valence-corrected chi connectivity index (χ2v) is 6.09. The number of fused-ring (bicyclic) bond motifs is 1. The molecule has 0 amide bonds. The van der Waals surface area contributed by atoms with Gasteiger partial charge in [0.05, 0.1) is 17.0 Å². The molecule has 0 spiro atoms. The number of rotatable bonds is 2. The third-order valence-electron chi connectivity index (χ3n) is 3.58. The first-order valence-electron chi connectivity index (χ1n) is 7.04. The number of hydrogen-bond donors (Lipinski definition) is 0. The summed E-state index contributed by atoms with van der Waals surface area (Å²) >= 11 is 3.45. The van der Waals surface area contributed by atoms with E-state index in [4.69, 9.17) is 4.52 Å². The van der Waals surface area contributed by atoms with Gasteiger partial charge in [0, 0.05) is 23.2 Å². The third-order valence-corrected chi connectivity index (χ3v) is 4.11. The Morgan fingerprint density at radius 2 is 1.87 bits per heavy atom. The molecule has 0 fully saturated rings. The standard InChI is InChI=1S/C16H12BrN5O/c1-9-14(15-19-10(2)23-21-15)16-18-8-7-13(22(16)20-9)11-3-5-12(17)6-4-11/h3-8H,1-2H3. The first-order chi connectivity index (χ1) is 11.1. The fraction of sp³-hybridized carbons (Fsp3) is 0.125. The van der Waals surface area contributed by atoms with E-state index >= 15 is 0 Å². The third kappa shape index (κ3) is 2.33. The van der Waals surface area contributed by atoms with E-state index in [0.717, 1.165) is 27.0 Å². The van der Waals surface area contributed by atoms with Crippen LogP contribution in [-0.2, 0) is 0 Å². The van der Waals surface area contributed by atoms with Gasteiger partial charge in [-0.2, -0.15) is 10.1 Å². The summed E-state index contributed by atoms with van der Waals surface area (Å²) in [6.07, 6.45) is 1.77. The molecule has 4 rings (SSSR count). The molecular weight excluding hydrogens is 358 g/mol. The molecule has 1 aromatic carbocycles. The average molecular weight is 370 g/mol. The van der Waals surface area contributed by atoms with Crippen molar-refractivity contribution in [2.24, 2.45) is 0 Å². The molecule has 7 heteroatoms. The van der Waals surface area contributed by atoms with E-state index in [1.54, 1.807) is 13.1 Å². The number of hydrogen-bond acceptors (Lipinski definition) is 5. The predicted molar refractivity (Wildman–Crippen MR) is 88.9 cm³/mol. The molecule has 4 aromatic rings. The Labute approximate surface area is 140 Å². The van der Waals surface area contributed by atoms with Crippen molar-refractivity contribution in [3.8, 4) is 22.6 Å². The van der Waals surface area contributed by atoms with Gasteiger partial charge in [0.15, 0.2) is 5.65 Å². The van der Waals surface area contributed by atoms with Gasteiger partial charge in [-0.25, -0.2) is 9.50 Å². The highest BCUT2D eigenvalue weighted by atomic mass is 79.9. The summed E-state index contributed by atoms with van der Waals surface area (Å²) in [6, 6.07) is 10.0. The molecule has 0 aliphatic carbocycles. The Hall–Kier alpha value is -2.54. The quantitative estimate of drug-likeness (QED) is 0.537. The van der Waals surface area contributed by atoms with Crippen LogP contribution in [0.5, 0.6) is 0 Å². The van der Waals surface area contributed by atoms with Crippen LogP contribution in [0.25, 0.3) is 28.3 Å². The van der Waals surface area contributed by atoms with Crippen LogP contribution < -0.4 is 0 Å². The molecule has 0 aliphatic heterocycles. The van der Waals surface area contributed by atoms with Crippen LogP contribution in [0.3, 0.4) is 0 Å². The molecule has 0 saturated heterocycles. The minimum absolute atomic E-state index is 0.510. The summed E-state index contributed by atoms with van der Waals surface area (Å²) in [5, 5.41) is 8.62. The van der Waals surface area contributed by atoms with E-state index < -0.39 is 0 Å². The van der Waals surface area contributed by atoms with E-state index in [2.05, 4.69) is 36.2 Å².